The van der Waals surface area contributed by atoms with Gasteiger partial charge in [0.15, 0.2) is 6.54 Å². The number of methoxy groups -OCH3 is 1. The molecule has 0 saturated carbocycles. The summed E-state index contributed by atoms with van der Waals surface area (Å²) in [6.07, 6.45) is 0. The number of piperazine rings is 1. The number of rotatable bonds is 5. The first-order chi connectivity index (χ1) is 14.9. The third-order valence-corrected chi connectivity index (χ3v) is 5.97. The van der Waals surface area contributed by atoms with Gasteiger partial charge in [-0.05, 0) is 42.5 Å². The zero-order valence-electron chi connectivity index (χ0n) is 17.0. The molecular weight excluding hydrogens is 439 g/mol. The van der Waals surface area contributed by atoms with Gasteiger partial charge in [-0.15, -0.1) is 0 Å². The molecule has 1 fully saturated rings. The summed E-state index contributed by atoms with van der Waals surface area (Å²) in [6, 6.07) is 13.0. The molecule has 7 nitrogen and oxygen atoms in total. The molecule has 0 unspecified atom stereocenters. The molecule has 1 aliphatic rings. The van der Waals surface area contributed by atoms with Crippen LogP contribution in [0.2, 0.25) is 10.0 Å². The fraction of sp³-hybridized carbons (Fsp3) is 0.273. The highest BCUT2D eigenvalue weighted by molar-refractivity contribution is 6.31. The number of quaternary nitrogens is 1. The predicted octanol–water partition coefficient (Wildman–Crippen LogP) is 2.60. The molecule has 3 aromatic rings. The van der Waals surface area contributed by atoms with Crippen LogP contribution in [0.1, 0.15) is 10.5 Å². The molecule has 0 spiro atoms. The van der Waals surface area contributed by atoms with Gasteiger partial charge in [0.05, 0.1) is 39.0 Å². The van der Waals surface area contributed by atoms with E-state index in [9.17, 15) is 9.59 Å². The zero-order valence-corrected chi connectivity index (χ0v) is 18.5. The molecule has 2 heterocycles. The van der Waals surface area contributed by atoms with Crippen molar-refractivity contribution in [2.24, 2.45) is 0 Å². The van der Waals surface area contributed by atoms with Crippen LogP contribution in [-0.4, -0.2) is 56.7 Å². The molecule has 1 amide bonds. The van der Waals surface area contributed by atoms with Crippen LogP contribution in [0, 0.1) is 0 Å². The van der Waals surface area contributed by atoms with E-state index in [1.807, 2.05) is 24.3 Å². The highest BCUT2D eigenvalue weighted by atomic mass is 35.5. The van der Waals surface area contributed by atoms with Crippen molar-refractivity contribution in [1.29, 1.82) is 0 Å². The van der Waals surface area contributed by atoms with Gasteiger partial charge in [-0.2, -0.15) is 0 Å². The summed E-state index contributed by atoms with van der Waals surface area (Å²) < 4.78 is 4.86. The zero-order chi connectivity index (χ0) is 22.0. The maximum atomic E-state index is 12.8. The number of fused-ring (bicyclic) bond motifs is 1. The number of esters is 1. The lowest BCUT2D eigenvalue weighted by Gasteiger charge is -2.33. The molecule has 0 aliphatic carbocycles. The Balaban J connectivity index is 1.42. The van der Waals surface area contributed by atoms with Gasteiger partial charge in [-0.1, -0.05) is 23.2 Å². The summed E-state index contributed by atoms with van der Waals surface area (Å²) >= 11 is 12.1. The number of carbonyl (C=O) groups excluding carboxylic acids is 2. The SMILES string of the molecule is COC(=O)c1[nH]c2ccc(Cl)cc2c1NC(=O)C[NH+]1CCN(c2ccc(Cl)cc2)CC1. The molecule has 31 heavy (non-hydrogen) atoms. The van der Waals surface area contributed by atoms with E-state index >= 15 is 0 Å². The number of aromatic amines is 1. The van der Waals surface area contributed by atoms with Gasteiger partial charge in [0.2, 0.25) is 0 Å². The monoisotopic (exact) mass is 461 g/mol. The highest BCUT2D eigenvalue weighted by Gasteiger charge is 2.25. The van der Waals surface area contributed by atoms with Crippen LogP contribution < -0.4 is 15.1 Å². The molecule has 0 radical (unpaired) electrons. The molecule has 1 aliphatic heterocycles. The summed E-state index contributed by atoms with van der Waals surface area (Å²) in [5, 5.41) is 4.80. The lowest BCUT2D eigenvalue weighted by molar-refractivity contribution is -0.892. The number of nitrogens with one attached hydrogen (secondary N) is 3. The minimum absolute atomic E-state index is 0.166. The summed E-state index contributed by atoms with van der Waals surface area (Å²) in [4.78, 5) is 31.5. The van der Waals surface area contributed by atoms with Crippen molar-refractivity contribution >= 4 is 57.4 Å². The third-order valence-electron chi connectivity index (χ3n) is 5.49. The molecule has 9 heteroatoms. The molecule has 0 bridgehead atoms. The number of aromatic nitrogens is 1. The fourth-order valence-electron chi connectivity index (χ4n) is 3.87. The number of nitrogens with zero attached hydrogens (tertiary/aromatic N) is 1. The quantitative estimate of drug-likeness (QED) is 0.510. The number of halogens is 2. The number of anilines is 2. The first-order valence-electron chi connectivity index (χ1n) is 9.98. The summed E-state index contributed by atoms with van der Waals surface area (Å²) in [7, 11) is 1.30. The Kier molecular flexibility index (Phi) is 6.36. The highest BCUT2D eigenvalue weighted by Crippen LogP contribution is 2.30. The lowest BCUT2D eigenvalue weighted by Crippen LogP contribution is -3.15. The second-order valence-corrected chi connectivity index (χ2v) is 8.37. The van der Waals surface area contributed by atoms with Crippen molar-refractivity contribution in [3.8, 4) is 0 Å². The number of ether oxygens (including phenoxy) is 1. The number of carbonyl (C=O) groups is 2. The van der Waals surface area contributed by atoms with Crippen molar-refractivity contribution in [2.45, 2.75) is 0 Å². The van der Waals surface area contributed by atoms with Crippen LogP contribution in [-0.2, 0) is 9.53 Å². The van der Waals surface area contributed by atoms with Crippen LogP contribution in [0.3, 0.4) is 0 Å². The first kappa shape index (κ1) is 21.5. The van der Waals surface area contributed by atoms with E-state index in [1.54, 1.807) is 18.2 Å². The minimum atomic E-state index is -0.549. The van der Waals surface area contributed by atoms with E-state index in [0.717, 1.165) is 36.9 Å². The van der Waals surface area contributed by atoms with E-state index in [2.05, 4.69) is 15.2 Å². The molecule has 2 aromatic carbocycles. The van der Waals surface area contributed by atoms with Crippen molar-refractivity contribution in [3.63, 3.8) is 0 Å². The minimum Gasteiger partial charge on any atom is -0.464 e. The Morgan fingerprint density at radius 2 is 1.77 bits per heavy atom. The van der Waals surface area contributed by atoms with Crippen molar-refractivity contribution in [2.75, 3.05) is 50.1 Å². The van der Waals surface area contributed by atoms with Gasteiger partial charge in [0, 0.05) is 26.6 Å². The lowest BCUT2D eigenvalue weighted by atomic mass is 10.2. The number of hydrogen-bond donors (Lipinski definition) is 3. The largest absolute Gasteiger partial charge is 0.464 e. The molecule has 3 N–H and O–H groups in total. The van der Waals surface area contributed by atoms with Crippen LogP contribution >= 0.6 is 23.2 Å². The van der Waals surface area contributed by atoms with Crippen LogP contribution in [0.25, 0.3) is 10.9 Å². The number of benzene rings is 2. The fourth-order valence-corrected chi connectivity index (χ4v) is 4.17. The van der Waals surface area contributed by atoms with E-state index in [1.165, 1.54) is 12.0 Å². The van der Waals surface area contributed by atoms with Gasteiger partial charge in [-0.25, -0.2) is 4.79 Å². The van der Waals surface area contributed by atoms with E-state index in [-0.39, 0.29) is 11.6 Å². The Morgan fingerprint density at radius 1 is 1.10 bits per heavy atom. The summed E-state index contributed by atoms with van der Waals surface area (Å²) in [5.74, 6) is -0.715. The maximum absolute atomic E-state index is 12.8. The average Bonchev–Trinajstić information content (AvgIpc) is 3.11. The summed E-state index contributed by atoms with van der Waals surface area (Å²) in [5.41, 5.74) is 2.43. The summed E-state index contributed by atoms with van der Waals surface area (Å²) in [6.45, 7) is 3.67. The number of amides is 1. The normalized spacial score (nSPS) is 14.6. The van der Waals surface area contributed by atoms with E-state index in [4.69, 9.17) is 27.9 Å². The average molecular weight is 462 g/mol. The second-order valence-electron chi connectivity index (χ2n) is 7.49. The second kappa shape index (κ2) is 9.18. The van der Waals surface area contributed by atoms with Gasteiger partial charge in [0.25, 0.3) is 5.91 Å². The molecule has 162 valence electrons. The first-order valence-corrected chi connectivity index (χ1v) is 10.7. The van der Waals surface area contributed by atoms with E-state index < -0.39 is 5.97 Å². The molecule has 1 saturated heterocycles. The molecule has 4 rings (SSSR count). The van der Waals surface area contributed by atoms with Crippen LogP contribution in [0.15, 0.2) is 42.5 Å². The maximum Gasteiger partial charge on any atom is 0.356 e. The molecule has 1 aromatic heterocycles. The van der Waals surface area contributed by atoms with Crippen molar-refractivity contribution in [1.82, 2.24) is 4.98 Å². The smallest absolute Gasteiger partial charge is 0.356 e. The Bertz CT molecular complexity index is 1110. The Morgan fingerprint density at radius 3 is 2.45 bits per heavy atom. The Hall–Kier alpha value is -2.74. The van der Waals surface area contributed by atoms with Gasteiger partial charge in [0.1, 0.15) is 5.69 Å². The van der Waals surface area contributed by atoms with Crippen LogP contribution in [0.5, 0.6) is 0 Å². The van der Waals surface area contributed by atoms with Crippen LogP contribution in [0.4, 0.5) is 11.4 Å². The molecule has 0 atom stereocenters. The predicted molar refractivity (Wildman–Crippen MR) is 123 cm³/mol. The topological polar surface area (TPSA) is 78.9 Å². The number of hydrogen-bond acceptors (Lipinski definition) is 4. The van der Waals surface area contributed by atoms with Crippen molar-refractivity contribution < 1.29 is 19.2 Å². The number of H-pyrrole nitrogens is 1. The van der Waals surface area contributed by atoms with Gasteiger partial charge < -0.3 is 24.8 Å². The standard InChI is InChI=1S/C22H22Cl2N4O3/c1-31-22(30)21-20(17-12-15(24)4-7-18(17)25-21)26-19(29)13-27-8-10-28(11-9-27)16-5-2-14(23)3-6-16/h2-7,12,25H,8-11,13H2,1H3,(H,26,29)/p+1. The molecular formula is C22H23Cl2N4O3+. The van der Waals surface area contributed by atoms with E-state index in [0.29, 0.717) is 28.2 Å². The van der Waals surface area contributed by atoms with Crippen molar-refractivity contribution in [3.05, 3.63) is 58.2 Å². The Labute approximate surface area is 189 Å². The van der Waals surface area contributed by atoms with Gasteiger partial charge in [-0.3, -0.25) is 4.79 Å². The third kappa shape index (κ3) is 4.79. The van der Waals surface area contributed by atoms with Gasteiger partial charge >= 0.3 is 5.97 Å².